The molecule has 0 spiro atoms. The van der Waals surface area contributed by atoms with Gasteiger partial charge in [0.25, 0.3) is 5.91 Å². The van der Waals surface area contributed by atoms with E-state index in [0.29, 0.717) is 25.3 Å². The van der Waals surface area contributed by atoms with E-state index < -0.39 is 0 Å². The van der Waals surface area contributed by atoms with E-state index >= 15 is 0 Å². The van der Waals surface area contributed by atoms with Gasteiger partial charge in [0, 0.05) is 38.0 Å². The number of benzene rings is 3. The van der Waals surface area contributed by atoms with Crippen molar-refractivity contribution in [3.05, 3.63) is 66.7 Å². The molecule has 3 aromatic rings. The number of hydrogen-bond acceptors (Lipinski definition) is 4. The van der Waals surface area contributed by atoms with E-state index in [0.717, 1.165) is 35.2 Å². The summed E-state index contributed by atoms with van der Waals surface area (Å²) in [6.07, 6.45) is 0.531. The predicted octanol–water partition coefficient (Wildman–Crippen LogP) is 3.92. The molecular formula is C25H27N3O3. The minimum absolute atomic E-state index is 0.0683. The number of nitrogens with zero attached hydrogens (tertiary/aromatic N) is 2. The van der Waals surface area contributed by atoms with E-state index in [1.54, 1.807) is 0 Å². The molecule has 31 heavy (non-hydrogen) atoms. The highest BCUT2D eigenvalue weighted by Gasteiger charge is 2.22. The first kappa shape index (κ1) is 20.7. The zero-order chi connectivity index (χ0) is 21.6. The van der Waals surface area contributed by atoms with Gasteiger partial charge in [-0.2, -0.15) is 0 Å². The molecule has 1 heterocycles. The molecular weight excluding hydrogens is 390 g/mol. The van der Waals surface area contributed by atoms with Gasteiger partial charge >= 0.3 is 0 Å². The molecule has 0 unspecified atom stereocenters. The second-order valence-corrected chi connectivity index (χ2v) is 7.55. The molecule has 1 aliphatic rings. The van der Waals surface area contributed by atoms with Gasteiger partial charge in [0.05, 0.1) is 11.4 Å². The standard InChI is InChI=1S/C25H27N3O3/c1-2-25(30)28-16-14-27(15-17-28)22-12-6-5-11-21(22)26-24(29)18-31-23-13-7-9-19-8-3-4-10-20(19)23/h3-13H,2,14-18H2,1H3,(H,26,29). The Balaban J connectivity index is 1.40. The van der Waals surface area contributed by atoms with Gasteiger partial charge in [0.1, 0.15) is 5.75 Å². The van der Waals surface area contributed by atoms with Crippen molar-refractivity contribution in [3.63, 3.8) is 0 Å². The van der Waals surface area contributed by atoms with Crippen LogP contribution in [0.3, 0.4) is 0 Å². The number of fused-ring (bicyclic) bond motifs is 1. The van der Waals surface area contributed by atoms with Crippen LogP contribution in [0.25, 0.3) is 10.8 Å². The maximum atomic E-state index is 12.6. The Hall–Kier alpha value is -3.54. The van der Waals surface area contributed by atoms with Gasteiger partial charge < -0.3 is 19.9 Å². The number of rotatable bonds is 6. The first-order valence-electron chi connectivity index (χ1n) is 10.7. The summed E-state index contributed by atoms with van der Waals surface area (Å²) >= 11 is 0. The van der Waals surface area contributed by atoms with Crippen molar-refractivity contribution in [1.29, 1.82) is 0 Å². The molecule has 1 saturated heterocycles. The van der Waals surface area contributed by atoms with E-state index in [4.69, 9.17) is 4.74 Å². The van der Waals surface area contributed by atoms with Crippen LogP contribution in [0.15, 0.2) is 66.7 Å². The van der Waals surface area contributed by atoms with Gasteiger partial charge in [-0.1, -0.05) is 55.5 Å². The molecule has 3 aromatic carbocycles. The summed E-state index contributed by atoms with van der Waals surface area (Å²) in [4.78, 5) is 28.7. The minimum Gasteiger partial charge on any atom is -0.483 e. The number of anilines is 2. The van der Waals surface area contributed by atoms with Gasteiger partial charge in [0.15, 0.2) is 6.61 Å². The van der Waals surface area contributed by atoms with Crippen molar-refractivity contribution in [1.82, 2.24) is 4.90 Å². The second-order valence-electron chi connectivity index (χ2n) is 7.55. The van der Waals surface area contributed by atoms with E-state index in [1.807, 2.05) is 78.6 Å². The Bertz CT molecular complexity index is 1070. The molecule has 4 rings (SSSR count). The number of amides is 2. The van der Waals surface area contributed by atoms with Gasteiger partial charge in [0.2, 0.25) is 5.91 Å². The summed E-state index contributed by atoms with van der Waals surface area (Å²) in [6, 6.07) is 21.5. The number of hydrogen-bond donors (Lipinski definition) is 1. The highest BCUT2D eigenvalue weighted by molar-refractivity contribution is 5.96. The SMILES string of the molecule is CCC(=O)N1CCN(c2ccccc2NC(=O)COc2cccc3ccccc23)CC1. The smallest absolute Gasteiger partial charge is 0.262 e. The maximum Gasteiger partial charge on any atom is 0.262 e. The Morgan fingerprint density at radius 3 is 2.42 bits per heavy atom. The molecule has 0 saturated carbocycles. The van der Waals surface area contributed by atoms with Crippen LogP contribution in [0.5, 0.6) is 5.75 Å². The lowest BCUT2D eigenvalue weighted by molar-refractivity contribution is -0.131. The van der Waals surface area contributed by atoms with Gasteiger partial charge in [-0.3, -0.25) is 9.59 Å². The summed E-state index contributed by atoms with van der Waals surface area (Å²) < 4.78 is 5.82. The lowest BCUT2D eigenvalue weighted by Crippen LogP contribution is -2.48. The van der Waals surface area contributed by atoms with Gasteiger partial charge in [-0.15, -0.1) is 0 Å². The number of carbonyl (C=O) groups is 2. The van der Waals surface area contributed by atoms with Crippen LogP contribution in [0.1, 0.15) is 13.3 Å². The lowest BCUT2D eigenvalue weighted by atomic mass is 10.1. The summed E-state index contributed by atoms with van der Waals surface area (Å²) in [5.74, 6) is 0.672. The number of carbonyl (C=O) groups excluding carboxylic acids is 2. The molecule has 0 aliphatic carbocycles. The average molecular weight is 418 g/mol. The molecule has 1 fully saturated rings. The molecule has 1 aliphatic heterocycles. The predicted molar refractivity (Wildman–Crippen MR) is 124 cm³/mol. The van der Waals surface area contributed by atoms with Crippen molar-refractivity contribution in [2.75, 3.05) is 43.0 Å². The van der Waals surface area contributed by atoms with Crippen molar-refractivity contribution in [3.8, 4) is 5.75 Å². The van der Waals surface area contributed by atoms with Crippen molar-refractivity contribution in [2.45, 2.75) is 13.3 Å². The van der Waals surface area contributed by atoms with Crippen LogP contribution in [0.2, 0.25) is 0 Å². The molecule has 0 atom stereocenters. The molecule has 6 heteroatoms. The molecule has 2 amide bonds. The van der Waals surface area contributed by atoms with Crippen LogP contribution in [-0.2, 0) is 9.59 Å². The fourth-order valence-electron chi connectivity index (χ4n) is 3.93. The minimum atomic E-state index is -0.208. The van der Waals surface area contributed by atoms with Crippen LogP contribution < -0.4 is 15.0 Å². The first-order chi connectivity index (χ1) is 15.2. The van der Waals surface area contributed by atoms with Crippen LogP contribution in [0.4, 0.5) is 11.4 Å². The maximum absolute atomic E-state index is 12.6. The Kier molecular flexibility index (Phi) is 6.36. The zero-order valence-corrected chi connectivity index (χ0v) is 17.7. The Labute approximate surface area is 182 Å². The lowest BCUT2D eigenvalue weighted by Gasteiger charge is -2.36. The normalized spacial score (nSPS) is 13.8. The third-order valence-corrected chi connectivity index (χ3v) is 5.56. The molecule has 0 aromatic heterocycles. The van der Waals surface area contributed by atoms with E-state index in [2.05, 4.69) is 10.2 Å². The highest BCUT2D eigenvalue weighted by atomic mass is 16.5. The van der Waals surface area contributed by atoms with Crippen LogP contribution >= 0.6 is 0 Å². The van der Waals surface area contributed by atoms with Crippen molar-refractivity contribution >= 4 is 34.0 Å². The number of piperazine rings is 1. The quantitative estimate of drug-likeness (QED) is 0.661. The third kappa shape index (κ3) is 4.79. The molecule has 1 N–H and O–H groups in total. The molecule has 0 radical (unpaired) electrons. The summed E-state index contributed by atoms with van der Waals surface area (Å²) in [6.45, 7) is 4.69. The number of para-hydroxylation sites is 2. The van der Waals surface area contributed by atoms with Crippen LogP contribution in [-0.4, -0.2) is 49.5 Å². The highest BCUT2D eigenvalue weighted by Crippen LogP contribution is 2.28. The largest absolute Gasteiger partial charge is 0.483 e. The Morgan fingerprint density at radius 2 is 1.61 bits per heavy atom. The van der Waals surface area contributed by atoms with E-state index in [9.17, 15) is 9.59 Å². The Morgan fingerprint density at radius 1 is 0.903 bits per heavy atom. The molecule has 6 nitrogen and oxygen atoms in total. The van der Waals surface area contributed by atoms with Crippen LogP contribution in [0, 0.1) is 0 Å². The van der Waals surface area contributed by atoms with Crippen molar-refractivity contribution < 1.29 is 14.3 Å². The second kappa shape index (κ2) is 9.51. The zero-order valence-electron chi connectivity index (χ0n) is 17.7. The summed E-state index contributed by atoms with van der Waals surface area (Å²) in [5, 5.41) is 5.04. The van der Waals surface area contributed by atoms with E-state index in [-0.39, 0.29) is 18.4 Å². The van der Waals surface area contributed by atoms with E-state index in [1.165, 1.54) is 0 Å². The topological polar surface area (TPSA) is 61.9 Å². The third-order valence-electron chi connectivity index (χ3n) is 5.56. The van der Waals surface area contributed by atoms with Gasteiger partial charge in [-0.25, -0.2) is 0 Å². The first-order valence-corrected chi connectivity index (χ1v) is 10.7. The molecule has 160 valence electrons. The number of nitrogens with one attached hydrogen (secondary N) is 1. The molecule has 0 bridgehead atoms. The summed E-state index contributed by atoms with van der Waals surface area (Å²) in [5.41, 5.74) is 1.72. The average Bonchev–Trinajstić information content (AvgIpc) is 2.82. The monoisotopic (exact) mass is 417 g/mol. The van der Waals surface area contributed by atoms with Crippen molar-refractivity contribution in [2.24, 2.45) is 0 Å². The van der Waals surface area contributed by atoms with Gasteiger partial charge in [-0.05, 0) is 23.6 Å². The fourth-order valence-corrected chi connectivity index (χ4v) is 3.93. The number of ether oxygens (including phenoxy) is 1. The summed E-state index contributed by atoms with van der Waals surface area (Å²) in [7, 11) is 0. The fraction of sp³-hybridized carbons (Fsp3) is 0.280.